The molecule has 102 valence electrons. The summed E-state index contributed by atoms with van der Waals surface area (Å²) in [5.41, 5.74) is 0.432. The van der Waals surface area contributed by atoms with Gasteiger partial charge < -0.3 is 5.11 Å². The lowest BCUT2D eigenvalue weighted by molar-refractivity contribution is -0.169. The molecule has 2 rings (SSSR count). The fourth-order valence-electron chi connectivity index (χ4n) is 1.63. The number of rotatable bonds is 3. The standard InChI is InChI=1S/C12H13FN2O3S/c1-15(18-2)12(17)9-6-19-11(14-9)8-4-3-7(13)5-10(8)16/h3-5,9,16H,6H2,1-2H3/t9-/m0/s1. The lowest BCUT2D eigenvalue weighted by Gasteiger charge is -2.15. The zero-order chi connectivity index (χ0) is 14.0. The summed E-state index contributed by atoms with van der Waals surface area (Å²) in [7, 11) is 2.91. The number of nitrogens with zero attached hydrogens (tertiary/aromatic N) is 2. The molecule has 0 saturated carbocycles. The van der Waals surface area contributed by atoms with Crippen molar-refractivity contribution in [3.63, 3.8) is 0 Å². The predicted octanol–water partition coefficient (Wildman–Crippen LogP) is 1.41. The number of likely N-dealkylation sites (N-methyl/N-ethyl adjacent to an activating group) is 1. The summed E-state index contributed by atoms with van der Waals surface area (Å²) in [6.45, 7) is 0. The van der Waals surface area contributed by atoms with E-state index in [-0.39, 0.29) is 11.7 Å². The number of hydrogen-bond donors (Lipinski definition) is 1. The molecule has 7 heteroatoms. The molecule has 0 fully saturated rings. The van der Waals surface area contributed by atoms with Gasteiger partial charge in [0.05, 0.1) is 7.11 Å². The van der Waals surface area contributed by atoms with Gasteiger partial charge >= 0.3 is 0 Å². The first-order chi connectivity index (χ1) is 9.02. The van der Waals surface area contributed by atoms with Gasteiger partial charge in [0, 0.05) is 24.4 Å². The minimum Gasteiger partial charge on any atom is -0.507 e. The molecule has 0 unspecified atom stereocenters. The van der Waals surface area contributed by atoms with E-state index in [2.05, 4.69) is 4.99 Å². The van der Waals surface area contributed by atoms with Crippen molar-refractivity contribution in [3.05, 3.63) is 29.6 Å². The summed E-state index contributed by atoms with van der Waals surface area (Å²) < 4.78 is 12.9. The molecule has 1 heterocycles. The van der Waals surface area contributed by atoms with Gasteiger partial charge in [-0.1, -0.05) is 0 Å². The second-order valence-corrected chi connectivity index (χ2v) is 4.95. The molecule has 0 aromatic heterocycles. The van der Waals surface area contributed by atoms with E-state index in [4.69, 9.17) is 4.84 Å². The molecule has 1 aromatic carbocycles. The molecule has 0 saturated heterocycles. The van der Waals surface area contributed by atoms with Crippen LogP contribution in [0.15, 0.2) is 23.2 Å². The molecule has 1 N–H and O–H groups in total. The molecule has 1 amide bonds. The third-order valence-electron chi connectivity index (χ3n) is 2.71. The van der Waals surface area contributed by atoms with Crippen LogP contribution in [0.2, 0.25) is 0 Å². The van der Waals surface area contributed by atoms with Crippen molar-refractivity contribution in [1.29, 1.82) is 0 Å². The van der Waals surface area contributed by atoms with Crippen LogP contribution < -0.4 is 0 Å². The number of phenolic OH excluding ortho intramolecular Hbond substituents is 1. The zero-order valence-electron chi connectivity index (χ0n) is 10.5. The van der Waals surface area contributed by atoms with Crippen LogP contribution in [0.25, 0.3) is 0 Å². The van der Waals surface area contributed by atoms with Crippen molar-refractivity contribution in [1.82, 2.24) is 5.06 Å². The van der Waals surface area contributed by atoms with Crippen molar-refractivity contribution in [2.45, 2.75) is 6.04 Å². The summed E-state index contributed by atoms with van der Waals surface area (Å²) in [5, 5.41) is 11.3. The molecular formula is C12H13FN2O3S. The lowest BCUT2D eigenvalue weighted by atomic mass is 10.2. The molecular weight excluding hydrogens is 271 g/mol. The van der Waals surface area contributed by atoms with E-state index in [0.717, 1.165) is 11.1 Å². The number of hydroxylamine groups is 2. The summed E-state index contributed by atoms with van der Waals surface area (Å²) in [6.07, 6.45) is 0. The van der Waals surface area contributed by atoms with Gasteiger partial charge in [-0.25, -0.2) is 9.45 Å². The van der Waals surface area contributed by atoms with E-state index in [0.29, 0.717) is 16.4 Å². The van der Waals surface area contributed by atoms with Gasteiger partial charge in [-0.15, -0.1) is 11.8 Å². The number of halogens is 1. The maximum atomic E-state index is 12.9. The van der Waals surface area contributed by atoms with Crippen LogP contribution in [0.1, 0.15) is 5.56 Å². The van der Waals surface area contributed by atoms with E-state index >= 15 is 0 Å². The van der Waals surface area contributed by atoms with E-state index < -0.39 is 11.9 Å². The topological polar surface area (TPSA) is 62.1 Å². The van der Waals surface area contributed by atoms with Crippen molar-refractivity contribution >= 4 is 22.7 Å². The molecule has 1 atom stereocenters. The molecule has 19 heavy (non-hydrogen) atoms. The van der Waals surface area contributed by atoms with Crippen molar-refractivity contribution in [2.75, 3.05) is 19.9 Å². The van der Waals surface area contributed by atoms with Gasteiger partial charge in [0.2, 0.25) is 0 Å². The first kappa shape index (κ1) is 13.8. The van der Waals surface area contributed by atoms with Gasteiger partial charge in [0.1, 0.15) is 22.7 Å². The minimum absolute atomic E-state index is 0.181. The van der Waals surface area contributed by atoms with E-state index in [1.54, 1.807) is 0 Å². The van der Waals surface area contributed by atoms with Gasteiger partial charge in [-0.3, -0.25) is 14.6 Å². The molecule has 0 radical (unpaired) electrons. The fraction of sp³-hybridized carbons (Fsp3) is 0.333. The summed E-state index contributed by atoms with van der Waals surface area (Å²) >= 11 is 1.34. The first-order valence-corrected chi connectivity index (χ1v) is 6.52. The van der Waals surface area contributed by atoms with Crippen LogP contribution in [-0.4, -0.2) is 47.1 Å². The fourth-order valence-corrected chi connectivity index (χ4v) is 2.70. The van der Waals surface area contributed by atoms with Gasteiger partial charge in [-0.2, -0.15) is 0 Å². The Morgan fingerprint density at radius 3 is 3.00 bits per heavy atom. The number of phenols is 1. The Hall–Kier alpha value is -1.60. The Balaban J connectivity index is 2.21. The summed E-state index contributed by atoms with van der Waals surface area (Å²) in [6, 6.07) is 3.17. The number of amides is 1. The monoisotopic (exact) mass is 284 g/mol. The van der Waals surface area contributed by atoms with E-state index in [9.17, 15) is 14.3 Å². The highest BCUT2D eigenvalue weighted by molar-refractivity contribution is 8.14. The number of carbonyl (C=O) groups is 1. The Morgan fingerprint density at radius 1 is 1.63 bits per heavy atom. The lowest BCUT2D eigenvalue weighted by Crippen LogP contribution is -2.34. The average molecular weight is 284 g/mol. The Morgan fingerprint density at radius 2 is 2.37 bits per heavy atom. The van der Waals surface area contributed by atoms with Crippen LogP contribution in [0.3, 0.4) is 0 Å². The largest absolute Gasteiger partial charge is 0.507 e. The van der Waals surface area contributed by atoms with Crippen LogP contribution in [-0.2, 0) is 9.63 Å². The highest BCUT2D eigenvalue weighted by Gasteiger charge is 2.29. The third-order valence-corrected chi connectivity index (χ3v) is 3.79. The molecule has 1 aliphatic rings. The number of aromatic hydroxyl groups is 1. The second-order valence-electron chi connectivity index (χ2n) is 3.94. The van der Waals surface area contributed by atoms with Gasteiger partial charge in [0.25, 0.3) is 5.91 Å². The normalized spacial score (nSPS) is 18.3. The SMILES string of the molecule is CON(C)C(=O)[C@@H]1CSC(c2ccc(F)cc2O)=N1. The van der Waals surface area contributed by atoms with Crippen LogP contribution >= 0.6 is 11.8 Å². The number of aliphatic imine (C=N–C) groups is 1. The maximum Gasteiger partial charge on any atom is 0.271 e. The molecule has 0 aliphatic carbocycles. The second kappa shape index (κ2) is 5.58. The molecule has 5 nitrogen and oxygen atoms in total. The Labute approximate surface area is 114 Å². The highest BCUT2D eigenvalue weighted by Crippen LogP contribution is 2.29. The number of carbonyl (C=O) groups excluding carboxylic acids is 1. The summed E-state index contributed by atoms with van der Waals surface area (Å²) in [5.74, 6) is -0.485. The van der Waals surface area contributed by atoms with E-state index in [1.165, 1.54) is 38.1 Å². The molecule has 1 aromatic rings. The van der Waals surface area contributed by atoms with Crippen LogP contribution in [0.4, 0.5) is 4.39 Å². The smallest absolute Gasteiger partial charge is 0.271 e. The zero-order valence-corrected chi connectivity index (χ0v) is 11.3. The van der Waals surface area contributed by atoms with Gasteiger partial charge in [0.15, 0.2) is 0 Å². The van der Waals surface area contributed by atoms with Crippen molar-refractivity contribution in [3.8, 4) is 5.75 Å². The Bertz CT molecular complexity index is 536. The predicted molar refractivity (Wildman–Crippen MR) is 70.6 cm³/mol. The van der Waals surface area contributed by atoms with Crippen molar-refractivity contribution in [2.24, 2.45) is 4.99 Å². The average Bonchev–Trinajstić information content (AvgIpc) is 2.86. The minimum atomic E-state index is -0.547. The van der Waals surface area contributed by atoms with Crippen LogP contribution in [0.5, 0.6) is 5.75 Å². The Kier molecular flexibility index (Phi) is 4.06. The first-order valence-electron chi connectivity index (χ1n) is 5.54. The number of hydrogen-bond acceptors (Lipinski definition) is 5. The van der Waals surface area contributed by atoms with E-state index in [1.807, 2.05) is 0 Å². The molecule has 0 bridgehead atoms. The molecule has 0 spiro atoms. The highest BCUT2D eigenvalue weighted by atomic mass is 32.2. The molecule has 1 aliphatic heterocycles. The third kappa shape index (κ3) is 2.87. The summed E-state index contributed by atoms with van der Waals surface area (Å²) in [4.78, 5) is 20.9. The maximum absolute atomic E-state index is 12.9. The van der Waals surface area contributed by atoms with Gasteiger partial charge in [-0.05, 0) is 12.1 Å². The number of benzene rings is 1. The number of thioether (sulfide) groups is 1. The van der Waals surface area contributed by atoms with Crippen molar-refractivity contribution < 1.29 is 19.1 Å². The van der Waals surface area contributed by atoms with Crippen LogP contribution in [0, 0.1) is 5.82 Å². The quantitative estimate of drug-likeness (QED) is 0.853.